The number of aliphatic hydroxyl groups excluding tert-OH is 1. The van der Waals surface area contributed by atoms with Crippen LogP contribution in [0.3, 0.4) is 0 Å². The highest BCUT2D eigenvalue weighted by molar-refractivity contribution is 5.28. The Bertz CT molecular complexity index is 413. The van der Waals surface area contributed by atoms with E-state index in [0.29, 0.717) is 23.9 Å². The maximum atomic E-state index is 10.4. The summed E-state index contributed by atoms with van der Waals surface area (Å²) in [6.45, 7) is 3.09. The zero-order valence-electron chi connectivity index (χ0n) is 11.9. The van der Waals surface area contributed by atoms with Crippen molar-refractivity contribution >= 4 is 0 Å². The maximum absolute atomic E-state index is 10.4. The number of piperazine rings is 1. The molecule has 0 amide bonds. The summed E-state index contributed by atoms with van der Waals surface area (Å²) in [5, 5.41) is 10.4. The van der Waals surface area contributed by atoms with E-state index in [1.54, 1.807) is 13.3 Å². The Balaban J connectivity index is 2.05. The number of aliphatic hydroxyl groups is 1. The van der Waals surface area contributed by atoms with Gasteiger partial charge in [0.2, 0.25) is 0 Å². The third-order valence-electron chi connectivity index (χ3n) is 3.81. The van der Waals surface area contributed by atoms with Gasteiger partial charge in [-0.3, -0.25) is 4.98 Å². The van der Waals surface area contributed by atoms with Crippen LogP contribution in [0.5, 0.6) is 5.75 Å². The lowest BCUT2D eigenvalue weighted by Gasteiger charge is -2.38. The molecule has 0 aromatic carbocycles. The molecule has 1 fully saturated rings. The van der Waals surface area contributed by atoms with E-state index >= 15 is 0 Å². The predicted octanol–water partition coefficient (Wildman–Crippen LogP) is 0.759. The largest absolute Gasteiger partial charge is 0.495 e. The highest BCUT2D eigenvalue weighted by Gasteiger charge is 2.26. The molecular weight excluding hydrogens is 242 g/mol. The topological polar surface area (TPSA) is 48.8 Å². The first kappa shape index (κ1) is 14.2. The number of methoxy groups -OCH3 is 1. The number of aromatic nitrogens is 1. The van der Waals surface area contributed by atoms with Gasteiger partial charge in [0.1, 0.15) is 17.5 Å². The molecule has 0 spiro atoms. The van der Waals surface area contributed by atoms with E-state index in [2.05, 4.69) is 28.9 Å². The second-order valence-electron chi connectivity index (χ2n) is 5.24. The van der Waals surface area contributed by atoms with Crippen LogP contribution in [0.2, 0.25) is 0 Å². The van der Waals surface area contributed by atoms with E-state index in [-0.39, 0.29) is 0 Å². The number of hydrogen-bond acceptors (Lipinski definition) is 5. The molecule has 2 unspecified atom stereocenters. The van der Waals surface area contributed by atoms with Crippen LogP contribution in [0, 0.1) is 0 Å². The van der Waals surface area contributed by atoms with Crippen LogP contribution < -0.4 is 4.74 Å². The van der Waals surface area contributed by atoms with Gasteiger partial charge in [-0.05, 0) is 32.6 Å². The van der Waals surface area contributed by atoms with E-state index < -0.39 is 6.10 Å². The van der Waals surface area contributed by atoms with Gasteiger partial charge in [-0.1, -0.05) is 0 Å². The summed E-state index contributed by atoms with van der Waals surface area (Å²) in [6, 6.07) is 4.00. The van der Waals surface area contributed by atoms with E-state index in [0.717, 1.165) is 19.6 Å². The summed E-state index contributed by atoms with van der Waals surface area (Å²) >= 11 is 0. The van der Waals surface area contributed by atoms with Crippen molar-refractivity contribution in [2.24, 2.45) is 0 Å². The molecule has 0 radical (unpaired) electrons. The molecule has 1 saturated heterocycles. The summed E-state index contributed by atoms with van der Waals surface area (Å²) in [4.78, 5) is 8.85. The van der Waals surface area contributed by atoms with E-state index in [4.69, 9.17) is 4.74 Å². The SMILES string of the molecule is COc1cccnc1C(O)CC1CN(C)CCN1C. The van der Waals surface area contributed by atoms with Crippen molar-refractivity contribution in [3.8, 4) is 5.75 Å². The average Bonchev–Trinajstić information content (AvgIpc) is 2.42. The first-order valence-corrected chi connectivity index (χ1v) is 6.67. The summed E-state index contributed by atoms with van der Waals surface area (Å²) in [6.07, 6.45) is 1.78. The van der Waals surface area contributed by atoms with Gasteiger partial charge in [0, 0.05) is 31.9 Å². The minimum absolute atomic E-state index is 0.348. The van der Waals surface area contributed by atoms with Crippen LogP contribution in [-0.4, -0.2) is 66.8 Å². The number of nitrogens with zero attached hydrogens (tertiary/aromatic N) is 3. The van der Waals surface area contributed by atoms with Crippen molar-refractivity contribution in [1.29, 1.82) is 0 Å². The molecule has 19 heavy (non-hydrogen) atoms. The molecule has 1 aliphatic heterocycles. The average molecular weight is 265 g/mol. The van der Waals surface area contributed by atoms with Crippen molar-refractivity contribution in [3.05, 3.63) is 24.0 Å². The number of hydrogen-bond donors (Lipinski definition) is 1. The molecule has 0 aliphatic carbocycles. The third kappa shape index (κ3) is 3.43. The predicted molar refractivity (Wildman–Crippen MR) is 74.3 cm³/mol. The second kappa shape index (κ2) is 6.32. The molecule has 1 aliphatic rings. The molecule has 1 aromatic rings. The van der Waals surface area contributed by atoms with E-state index in [1.165, 1.54) is 0 Å². The van der Waals surface area contributed by atoms with Gasteiger partial charge in [-0.2, -0.15) is 0 Å². The van der Waals surface area contributed by atoms with Gasteiger partial charge in [0.05, 0.1) is 7.11 Å². The van der Waals surface area contributed by atoms with Crippen molar-refractivity contribution in [1.82, 2.24) is 14.8 Å². The van der Waals surface area contributed by atoms with Gasteiger partial charge >= 0.3 is 0 Å². The zero-order valence-corrected chi connectivity index (χ0v) is 11.9. The fraction of sp³-hybridized carbons (Fsp3) is 0.643. The van der Waals surface area contributed by atoms with Crippen LogP contribution in [0.25, 0.3) is 0 Å². The lowest BCUT2D eigenvalue weighted by Crippen LogP contribution is -2.50. The first-order chi connectivity index (χ1) is 9.11. The Kier molecular flexibility index (Phi) is 4.74. The quantitative estimate of drug-likeness (QED) is 0.871. The van der Waals surface area contributed by atoms with Gasteiger partial charge in [-0.25, -0.2) is 0 Å². The summed E-state index contributed by atoms with van der Waals surface area (Å²) in [7, 11) is 5.83. The molecular formula is C14H23N3O2. The summed E-state index contributed by atoms with van der Waals surface area (Å²) in [5.41, 5.74) is 0.631. The fourth-order valence-corrected chi connectivity index (χ4v) is 2.55. The molecule has 1 aromatic heterocycles. The van der Waals surface area contributed by atoms with Gasteiger partial charge in [-0.15, -0.1) is 0 Å². The Morgan fingerprint density at radius 1 is 1.47 bits per heavy atom. The zero-order chi connectivity index (χ0) is 13.8. The standard InChI is InChI=1S/C14H23N3O2/c1-16-7-8-17(2)11(10-16)9-12(18)14-13(19-3)5-4-6-15-14/h4-6,11-12,18H,7-10H2,1-3H3. The molecule has 106 valence electrons. The monoisotopic (exact) mass is 265 g/mol. The van der Waals surface area contributed by atoms with Crippen LogP contribution in [-0.2, 0) is 0 Å². The molecule has 2 heterocycles. The van der Waals surface area contributed by atoms with Crippen LogP contribution in [0.1, 0.15) is 18.2 Å². The highest BCUT2D eigenvalue weighted by atomic mass is 16.5. The van der Waals surface area contributed by atoms with Crippen molar-refractivity contribution in [2.75, 3.05) is 40.8 Å². The molecule has 0 saturated carbocycles. The van der Waals surface area contributed by atoms with Crippen LogP contribution >= 0.6 is 0 Å². The van der Waals surface area contributed by atoms with Gasteiger partial charge in [0.15, 0.2) is 0 Å². The number of rotatable bonds is 4. The van der Waals surface area contributed by atoms with Crippen molar-refractivity contribution in [3.63, 3.8) is 0 Å². The Hall–Kier alpha value is -1.17. The van der Waals surface area contributed by atoms with Crippen LogP contribution in [0.15, 0.2) is 18.3 Å². The Labute approximate surface area is 114 Å². The highest BCUT2D eigenvalue weighted by Crippen LogP contribution is 2.27. The number of pyridine rings is 1. The number of likely N-dealkylation sites (N-methyl/N-ethyl adjacent to an activating group) is 2. The van der Waals surface area contributed by atoms with Crippen molar-refractivity contribution < 1.29 is 9.84 Å². The molecule has 0 bridgehead atoms. The molecule has 2 rings (SSSR count). The number of ether oxygens (including phenoxy) is 1. The smallest absolute Gasteiger partial charge is 0.143 e. The van der Waals surface area contributed by atoms with Crippen LogP contribution in [0.4, 0.5) is 0 Å². The minimum atomic E-state index is -0.588. The summed E-state index contributed by atoms with van der Waals surface area (Å²) < 4.78 is 5.26. The molecule has 2 atom stereocenters. The van der Waals surface area contributed by atoms with E-state index in [1.807, 2.05) is 12.1 Å². The Morgan fingerprint density at radius 3 is 3.00 bits per heavy atom. The first-order valence-electron chi connectivity index (χ1n) is 6.67. The molecule has 1 N–H and O–H groups in total. The van der Waals surface area contributed by atoms with Crippen molar-refractivity contribution in [2.45, 2.75) is 18.6 Å². The lowest BCUT2D eigenvalue weighted by molar-refractivity contribution is 0.0609. The van der Waals surface area contributed by atoms with E-state index in [9.17, 15) is 5.11 Å². The Morgan fingerprint density at radius 2 is 2.26 bits per heavy atom. The fourth-order valence-electron chi connectivity index (χ4n) is 2.55. The normalized spacial score (nSPS) is 23.3. The maximum Gasteiger partial charge on any atom is 0.143 e. The second-order valence-corrected chi connectivity index (χ2v) is 5.24. The minimum Gasteiger partial charge on any atom is -0.495 e. The summed E-state index contributed by atoms with van der Waals surface area (Å²) in [5.74, 6) is 0.654. The lowest BCUT2D eigenvalue weighted by atomic mass is 10.0. The third-order valence-corrected chi connectivity index (χ3v) is 3.81. The van der Waals surface area contributed by atoms with Gasteiger partial charge in [0.25, 0.3) is 0 Å². The molecule has 5 heteroatoms. The van der Waals surface area contributed by atoms with Gasteiger partial charge < -0.3 is 19.6 Å². The molecule has 5 nitrogen and oxygen atoms in total.